The molecule has 1 N–H and O–H groups in total. The summed E-state index contributed by atoms with van der Waals surface area (Å²) < 4.78 is 0. The molecule has 2 atom stereocenters. The molecule has 0 bridgehead atoms. The fourth-order valence-corrected chi connectivity index (χ4v) is 4.29. The van der Waals surface area contributed by atoms with Crippen LogP contribution in [0.1, 0.15) is 45.1 Å². The van der Waals surface area contributed by atoms with Crippen LogP contribution >= 0.6 is 0 Å². The molecule has 120 valence electrons. The molecule has 0 radical (unpaired) electrons. The Morgan fingerprint density at radius 1 is 1.50 bits per heavy atom. The Kier molecular flexibility index (Phi) is 4.48. The SMILES string of the molecule is CC(C)NC(=O)[C@@H]1CCC[C@@]12CCN(Cc1cccnc1)C2. The van der Waals surface area contributed by atoms with E-state index in [1.54, 1.807) is 0 Å². The lowest BCUT2D eigenvalue weighted by molar-refractivity contribution is -0.128. The van der Waals surface area contributed by atoms with Crippen molar-refractivity contribution in [3.05, 3.63) is 30.1 Å². The summed E-state index contributed by atoms with van der Waals surface area (Å²) in [5.74, 6) is 0.476. The fourth-order valence-electron chi connectivity index (χ4n) is 4.29. The maximum Gasteiger partial charge on any atom is 0.223 e. The van der Waals surface area contributed by atoms with Crippen LogP contribution in [-0.2, 0) is 11.3 Å². The van der Waals surface area contributed by atoms with Crippen molar-refractivity contribution < 1.29 is 4.79 Å². The number of nitrogens with zero attached hydrogens (tertiary/aromatic N) is 2. The molecule has 1 spiro atoms. The molecule has 4 heteroatoms. The molecule has 22 heavy (non-hydrogen) atoms. The quantitative estimate of drug-likeness (QED) is 0.930. The Morgan fingerprint density at radius 2 is 2.36 bits per heavy atom. The van der Waals surface area contributed by atoms with E-state index in [4.69, 9.17) is 0 Å². The van der Waals surface area contributed by atoms with Gasteiger partial charge in [-0.3, -0.25) is 14.7 Å². The van der Waals surface area contributed by atoms with Gasteiger partial charge in [0, 0.05) is 37.4 Å². The molecule has 2 heterocycles. The van der Waals surface area contributed by atoms with E-state index in [0.29, 0.717) is 0 Å². The number of nitrogens with one attached hydrogen (secondary N) is 1. The molecule has 1 aliphatic heterocycles. The second-order valence-corrected chi connectivity index (χ2v) is 7.29. The van der Waals surface area contributed by atoms with Crippen molar-refractivity contribution in [1.29, 1.82) is 0 Å². The maximum atomic E-state index is 12.5. The molecule has 0 aromatic carbocycles. The molecule has 1 aromatic heterocycles. The minimum absolute atomic E-state index is 0.203. The first-order valence-electron chi connectivity index (χ1n) is 8.51. The summed E-state index contributed by atoms with van der Waals surface area (Å²) >= 11 is 0. The number of carbonyl (C=O) groups is 1. The normalized spacial score (nSPS) is 28.6. The number of carbonyl (C=O) groups excluding carboxylic acids is 1. The number of amides is 1. The fraction of sp³-hybridized carbons (Fsp3) is 0.667. The average Bonchev–Trinajstić information content (AvgIpc) is 3.07. The molecule has 2 aliphatic rings. The van der Waals surface area contributed by atoms with Crippen LogP contribution in [0.4, 0.5) is 0 Å². The molecule has 3 rings (SSSR count). The number of rotatable bonds is 4. The number of likely N-dealkylation sites (tertiary alicyclic amines) is 1. The zero-order chi connectivity index (χ0) is 15.6. The van der Waals surface area contributed by atoms with Crippen LogP contribution in [0.5, 0.6) is 0 Å². The molecule has 0 unspecified atom stereocenters. The molecule has 4 nitrogen and oxygen atoms in total. The highest BCUT2D eigenvalue weighted by Gasteiger charge is 2.50. The van der Waals surface area contributed by atoms with Crippen molar-refractivity contribution in [2.75, 3.05) is 13.1 Å². The van der Waals surface area contributed by atoms with Crippen LogP contribution in [0.15, 0.2) is 24.5 Å². The highest BCUT2D eigenvalue weighted by atomic mass is 16.2. The van der Waals surface area contributed by atoms with Crippen molar-refractivity contribution in [2.45, 2.75) is 52.1 Å². The number of hydrogen-bond acceptors (Lipinski definition) is 3. The Bertz CT molecular complexity index is 516. The monoisotopic (exact) mass is 301 g/mol. The third-order valence-corrected chi connectivity index (χ3v) is 5.25. The van der Waals surface area contributed by atoms with Gasteiger partial charge in [-0.25, -0.2) is 0 Å². The van der Waals surface area contributed by atoms with Gasteiger partial charge in [-0.05, 0) is 56.7 Å². The molecular weight excluding hydrogens is 274 g/mol. The number of pyridine rings is 1. The largest absolute Gasteiger partial charge is 0.354 e. The van der Waals surface area contributed by atoms with Crippen LogP contribution in [-0.4, -0.2) is 34.9 Å². The first kappa shape index (κ1) is 15.5. The van der Waals surface area contributed by atoms with E-state index in [2.05, 4.69) is 21.3 Å². The zero-order valence-electron chi connectivity index (χ0n) is 13.7. The van der Waals surface area contributed by atoms with E-state index in [1.165, 1.54) is 18.4 Å². The van der Waals surface area contributed by atoms with Gasteiger partial charge in [-0.15, -0.1) is 0 Å². The van der Waals surface area contributed by atoms with Gasteiger partial charge in [-0.1, -0.05) is 12.5 Å². The molecular formula is C18H27N3O. The smallest absolute Gasteiger partial charge is 0.223 e. The van der Waals surface area contributed by atoms with Gasteiger partial charge in [0.2, 0.25) is 5.91 Å². The van der Waals surface area contributed by atoms with Crippen LogP contribution in [0.2, 0.25) is 0 Å². The maximum absolute atomic E-state index is 12.5. The van der Waals surface area contributed by atoms with Crippen molar-refractivity contribution in [3.8, 4) is 0 Å². The molecule has 1 aromatic rings. The van der Waals surface area contributed by atoms with Crippen LogP contribution < -0.4 is 5.32 Å². The summed E-state index contributed by atoms with van der Waals surface area (Å²) in [6, 6.07) is 4.36. The Morgan fingerprint density at radius 3 is 3.09 bits per heavy atom. The van der Waals surface area contributed by atoms with Gasteiger partial charge >= 0.3 is 0 Å². The lowest BCUT2D eigenvalue weighted by atomic mass is 9.76. The van der Waals surface area contributed by atoms with Crippen molar-refractivity contribution >= 4 is 5.91 Å². The minimum Gasteiger partial charge on any atom is -0.354 e. The lowest BCUT2D eigenvalue weighted by Crippen LogP contribution is -2.42. The molecule has 1 saturated carbocycles. The van der Waals surface area contributed by atoms with E-state index in [1.807, 2.05) is 32.3 Å². The zero-order valence-corrected chi connectivity index (χ0v) is 13.7. The summed E-state index contributed by atoms with van der Waals surface area (Å²) in [6.45, 7) is 7.19. The summed E-state index contributed by atoms with van der Waals surface area (Å²) in [6.07, 6.45) is 8.37. The highest BCUT2D eigenvalue weighted by molar-refractivity contribution is 5.80. The Hall–Kier alpha value is -1.42. The predicted octanol–water partition coefficient (Wildman–Crippen LogP) is 2.60. The second-order valence-electron chi connectivity index (χ2n) is 7.29. The van der Waals surface area contributed by atoms with E-state index >= 15 is 0 Å². The van der Waals surface area contributed by atoms with Gasteiger partial charge in [0.05, 0.1) is 0 Å². The first-order valence-corrected chi connectivity index (χ1v) is 8.51. The van der Waals surface area contributed by atoms with Crippen LogP contribution in [0.3, 0.4) is 0 Å². The van der Waals surface area contributed by atoms with Gasteiger partial charge in [-0.2, -0.15) is 0 Å². The molecule has 1 aliphatic carbocycles. The third kappa shape index (κ3) is 3.17. The Labute approximate surface area is 133 Å². The topological polar surface area (TPSA) is 45.2 Å². The van der Waals surface area contributed by atoms with Crippen LogP contribution in [0.25, 0.3) is 0 Å². The van der Waals surface area contributed by atoms with Gasteiger partial charge in [0.25, 0.3) is 0 Å². The third-order valence-electron chi connectivity index (χ3n) is 5.25. The van der Waals surface area contributed by atoms with Crippen molar-refractivity contribution in [1.82, 2.24) is 15.2 Å². The van der Waals surface area contributed by atoms with Gasteiger partial charge in [0.1, 0.15) is 0 Å². The molecule has 1 amide bonds. The summed E-state index contributed by atoms with van der Waals surface area (Å²) in [4.78, 5) is 19.2. The Balaban J connectivity index is 1.65. The molecule has 1 saturated heterocycles. The minimum atomic E-state index is 0.203. The van der Waals surface area contributed by atoms with Crippen molar-refractivity contribution in [2.24, 2.45) is 11.3 Å². The van der Waals surface area contributed by atoms with Crippen LogP contribution in [0, 0.1) is 11.3 Å². The second kappa shape index (κ2) is 6.37. The standard InChI is InChI=1S/C18H27N3O/c1-14(2)20-17(22)16-6-3-7-18(16)8-10-21(13-18)12-15-5-4-9-19-11-15/h4-5,9,11,14,16H,3,6-8,10,12-13H2,1-2H3,(H,20,22)/t16-,18-/m0/s1. The van der Waals surface area contributed by atoms with E-state index in [9.17, 15) is 4.79 Å². The van der Waals surface area contributed by atoms with Gasteiger partial charge in [0.15, 0.2) is 0 Å². The van der Waals surface area contributed by atoms with E-state index in [-0.39, 0.29) is 23.3 Å². The average molecular weight is 301 g/mol. The highest BCUT2D eigenvalue weighted by Crippen LogP contribution is 2.50. The van der Waals surface area contributed by atoms with E-state index in [0.717, 1.165) is 32.5 Å². The lowest BCUT2D eigenvalue weighted by Gasteiger charge is -2.31. The number of aromatic nitrogens is 1. The van der Waals surface area contributed by atoms with Crippen molar-refractivity contribution in [3.63, 3.8) is 0 Å². The van der Waals surface area contributed by atoms with Gasteiger partial charge < -0.3 is 5.32 Å². The predicted molar refractivity (Wildman–Crippen MR) is 87.2 cm³/mol. The first-order chi connectivity index (χ1) is 10.6. The summed E-state index contributed by atoms with van der Waals surface area (Å²) in [5.41, 5.74) is 1.47. The summed E-state index contributed by atoms with van der Waals surface area (Å²) in [7, 11) is 0. The molecule has 2 fully saturated rings. The summed E-state index contributed by atoms with van der Waals surface area (Å²) in [5, 5.41) is 3.13. The number of hydrogen-bond donors (Lipinski definition) is 1. The van der Waals surface area contributed by atoms with E-state index < -0.39 is 0 Å².